The lowest BCUT2D eigenvalue weighted by atomic mass is 10.2. The molecule has 0 aromatic heterocycles. The Kier molecular flexibility index (Phi) is 10.6. The second-order valence-corrected chi connectivity index (χ2v) is 13.8. The lowest BCUT2D eigenvalue weighted by Crippen LogP contribution is -2.29. The van der Waals surface area contributed by atoms with E-state index in [1.54, 1.807) is 36.4 Å². The van der Waals surface area contributed by atoms with E-state index in [1.807, 2.05) is 39.8 Å². The standard InChI is InChI=1S/C22H32N2O4S4/c1-5-7-15-23(31(25,26)21-13-9-11-19(3)17-21)29-30-24(16-8-6-2)32(27,28)22-14-10-12-20(4)18-22/h9-14,17-18H,5-8,15-16H2,1-4H3. The molecule has 0 radical (unpaired) electrons. The van der Waals surface area contributed by atoms with Gasteiger partial charge in [-0.15, -0.1) is 7.42 Å². The molecule has 10 heteroatoms. The van der Waals surface area contributed by atoms with Crippen molar-refractivity contribution in [2.24, 2.45) is 0 Å². The van der Waals surface area contributed by atoms with Gasteiger partial charge in [0.2, 0.25) is 0 Å². The van der Waals surface area contributed by atoms with Crippen molar-refractivity contribution in [2.75, 3.05) is 13.1 Å². The minimum Gasteiger partial charge on any atom is -0.206 e. The molecule has 2 aromatic rings. The van der Waals surface area contributed by atoms with Crippen LogP contribution in [0.5, 0.6) is 0 Å². The molecular formula is C22H32N2O4S4. The topological polar surface area (TPSA) is 74.8 Å². The number of hydrogen-bond acceptors (Lipinski definition) is 6. The van der Waals surface area contributed by atoms with E-state index in [9.17, 15) is 16.8 Å². The zero-order chi connectivity index (χ0) is 23.8. The first kappa shape index (κ1) is 27.2. The number of aryl methyl sites for hydroxylation is 2. The summed E-state index contributed by atoms with van der Waals surface area (Å²) in [5.74, 6) is 0. The number of sulfonamides is 2. The fourth-order valence-electron chi connectivity index (χ4n) is 2.83. The molecular weight excluding hydrogens is 485 g/mol. The quantitative estimate of drug-likeness (QED) is 0.248. The molecule has 0 heterocycles. The maximum Gasteiger partial charge on any atom is 0.253 e. The SMILES string of the molecule is CCCCN(SSN(CCCC)S(=O)(=O)c1cccc(C)c1)S(=O)(=O)c1cccc(C)c1. The van der Waals surface area contributed by atoms with Crippen molar-refractivity contribution in [3.63, 3.8) is 0 Å². The molecule has 0 bridgehead atoms. The molecule has 0 spiro atoms. The zero-order valence-electron chi connectivity index (χ0n) is 19.0. The molecule has 0 saturated carbocycles. The Hall–Kier alpha value is -1.04. The van der Waals surface area contributed by atoms with Crippen molar-refractivity contribution < 1.29 is 16.8 Å². The van der Waals surface area contributed by atoms with E-state index in [0.29, 0.717) is 25.9 Å². The highest BCUT2D eigenvalue weighted by atomic mass is 33.1. The molecule has 2 aromatic carbocycles. The lowest BCUT2D eigenvalue weighted by Gasteiger charge is -2.25. The fraction of sp³-hybridized carbons (Fsp3) is 0.455. The molecule has 0 N–H and O–H groups in total. The first-order valence-corrected chi connectivity index (χ1v) is 15.6. The minimum absolute atomic E-state index is 0.211. The Labute approximate surface area is 201 Å². The van der Waals surface area contributed by atoms with Crippen LogP contribution in [0.2, 0.25) is 0 Å². The predicted octanol–water partition coefficient (Wildman–Crippen LogP) is 5.80. The van der Waals surface area contributed by atoms with Gasteiger partial charge in [0, 0.05) is 35.0 Å². The van der Waals surface area contributed by atoms with Crippen molar-refractivity contribution in [1.29, 1.82) is 0 Å². The van der Waals surface area contributed by atoms with Crippen LogP contribution in [0.3, 0.4) is 0 Å². The summed E-state index contributed by atoms with van der Waals surface area (Å²) >= 11 is 0. The maximum atomic E-state index is 13.3. The van der Waals surface area contributed by atoms with Crippen LogP contribution in [0.15, 0.2) is 58.3 Å². The highest BCUT2D eigenvalue weighted by molar-refractivity contribution is 8.76. The highest BCUT2D eigenvalue weighted by Crippen LogP contribution is 2.38. The normalized spacial score (nSPS) is 12.6. The number of nitrogens with zero attached hydrogens (tertiary/aromatic N) is 2. The van der Waals surface area contributed by atoms with Gasteiger partial charge in [0.15, 0.2) is 0 Å². The van der Waals surface area contributed by atoms with E-state index in [4.69, 9.17) is 0 Å². The van der Waals surface area contributed by atoms with Gasteiger partial charge >= 0.3 is 0 Å². The molecule has 0 aliphatic carbocycles. The summed E-state index contributed by atoms with van der Waals surface area (Å²) in [5.41, 5.74) is 1.71. The number of benzene rings is 2. The molecule has 6 nitrogen and oxygen atoms in total. The summed E-state index contributed by atoms with van der Waals surface area (Å²) in [6.07, 6.45) is 3.01. The minimum atomic E-state index is -3.77. The summed E-state index contributed by atoms with van der Waals surface area (Å²) in [6, 6.07) is 13.5. The first-order valence-electron chi connectivity index (χ1n) is 10.7. The maximum absolute atomic E-state index is 13.3. The molecule has 0 atom stereocenters. The van der Waals surface area contributed by atoms with Crippen LogP contribution in [-0.4, -0.2) is 37.3 Å². The van der Waals surface area contributed by atoms with Gasteiger partial charge in [-0.05, 0) is 62.1 Å². The average Bonchev–Trinajstić information content (AvgIpc) is 2.75. The molecule has 0 saturated heterocycles. The van der Waals surface area contributed by atoms with Crippen LogP contribution in [0.4, 0.5) is 0 Å². The van der Waals surface area contributed by atoms with E-state index in [1.165, 1.54) is 7.42 Å². The fourth-order valence-corrected chi connectivity index (χ4v) is 9.75. The van der Waals surface area contributed by atoms with Crippen LogP contribution in [0.25, 0.3) is 0 Å². The summed E-state index contributed by atoms with van der Waals surface area (Å²) < 4.78 is 55.8. The van der Waals surface area contributed by atoms with Gasteiger partial charge in [-0.25, -0.2) is 16.8 Å². The third kappa shape index (κ3) is 7.23. The molecule has 0 fully saturated rings. The first-order chi connectivity index (χ1) is 15.1. The second-order valence-electron chi connectivity index (χ2n) is 7.55. The summed E-state index contributed by atoms with van der Waals surface area (Å²) in [4.78, 5) is 0.423. The molecule has 178 valence electrons. The lowest BCUT2D eigenvalue weighted by molar-refractivity contribution is 0.529. The zero-order valence-corrected chi connectivity index (χ0v) is 22.3. The Morgan fingerprint density at radius 3 is 1.38 bits per heavy atom. The molecule has 0 aliphatic heterocycles. The van der Waals surface area contributed by atoms with Gasteiger partial charge < -0.3 is 0 Å². The molecule has 0 unspecified atom stereocenters. The molecule has 0 amide bonds. The van der Waals surface area contributed by atoms with Crippen molar-refractivity contribution in [1.82, 2.24) is 7.42 Å². The van der Waals surface area contributed by atoms with Crippen LogP contribution >= 0.6 is 22.0 Å². The van der Waals surface area contributed by atoms with Crippen LogP contribution < -0.4 is 0 Å². The van der Waals surface area contributed by atoms with Crippen LogP contribution in [0, 0.1) is 13.8 Å². The van der Waals surface area contributed by atoms with Crippen LogP contribution in [0.1, 0.15) is 50.7 Å². The van der Waals surface area contributed by atoms with Gasteiger partial charge in [0.1, 0.15) is 0 Å². The number of hydrogen-bond donors (Lipinski definition) is 0. The summed E-state index contributed by atoms with van der Waals surface area (Å²) in [6.45, 7) is 8.28. The Morgan fingerprint density at radius 2 is 1.06 bits per heavy atom. The van der Waals surface area contributed by atoms with Gasteiger partial charge in [-0.1, -0.05) is 51.0 Å². The Bertz CT molecular complexity index is 1000. The van der Waals surface area contributed by atoms with Crippen molar-refractivity contribution in [2.45, 2.75) is 63.2 Å². The molecule has 2 rings (SSSR count). The van der Waals surface area contributed by atoms with Crippen molar-refractivity contribution in [3.8, 4) is 0 Å². The van der Waals surface area contributed by atoms with Crippen molar-refractivity contribution in [3.05, 3.63) is 59.7 Å². The number of unbranched alkanes of at least 4 members (excludes halogenated alkanes) is 2. The summed E-state index contributed by atoms with van der Waals surface area (Å²) in [7, 11) is -5.63. The van der Waals surface area contributed by atoms with Crippen LogP contribution in [-0.2, 0) is 20.0 Å². The monoisotopic (exact) mass is 516 g/mol. The Morgan fingerprint density at radius 1 is 0.688 bits per heavy atom. The largest absolute Gasteiger partial charge is 0.253 e. The Balaban J connectivity index is 2.32. The third-order valence-electron chi connectivity index (χ3n) is 4.70. The van der Waals surface area contributed by atoms with Gasteiger partial charge in [-0.2, -0.15) is 0 Å². The van der Waals surface area contributed by atoms with Gasteiger partial charge in [0.05, 0.1) is 9.79 Å². The van der Waals surface area contributed by atoms with E-state index in [2.05, 4.69) is 0 Å². The highest BCUT2D eigenvalue weighted by Gasteiger charge is 2.30. The average molecular weight is 517 g/mol. The van der Waals surface area contributed by atoms with E-state index in [-0.39, 0.29) is 9.79 Å². The van der Waals surface area contributed by atoms with Gasteiger partial charge in [0.25, 0.3) is 20.0 Å². The second kappa shape index (κ2) is 12.4. The van der Waals surface area contributed by atoms with E-state index in [0.717, 1.165) is 45.9 Å². The third-order valence-corrected chi connectivity index (χ3v) is 12.1. The predicted molar refractivity (Wildman–Crippen MR) is 135 cm³/mol. The smallest absolute Gasteiger partial charge is 0.206 e. The summed E-state index contributed by atoms with van der Waals surface area (Å²) in [5, 5.41) is 0. The van der Waals surface area contributed by atoms with E-state index >= 15 is 0 Å². The van der Waals surface area contributed by atoms with Crippen molar-refractivity contribution >= 4 is 42.0 Å². The van der Waals surface area contributed by atoms with E-state index < -0.39 is 20.0 Å². The molecule has 32 heavy (non-hydrogen) atoms. The molecule has 0 aliphatic rings. The van der Waals surface area contributed by atoms with Gasteiger partial charge in [-0.3, -0.25) is 0 Å². The number of rotatable bonds is 13.